The molecule has 22 heavy (non-hydrogen) atoms. The molecule has 126 valence electrons. The van der Waals surface area contributed by atoms with Crippen molar-refractivity contribution < 1.29 is 21.6 Å². The number of halogens is 3. The van der Waals surface area contributed by atoms with Crippen LogP contribution in [-0.2, 0) is 16.6 Å². The van der Waals surface area contributed by atoms with Crippen molar-refractivity contribution in [3.8, 4) is 0 Å². The average Bonchev–Trinajstić information content (AvgIpc) is 2.79. The second-order valence-electron chi connectivity index (χ2n) is 5.21. The Morgan fingerprint density at radius 2 is 1.82 bits per heavy atom. The van der Waals surface area contributed by atoms with Gasteiger partial charge in [-0.15, -0.1) is 0 Å². The number of aryl methyl sites for hydroxylation is 2. The van der Waals surface area contributed by atoms with Gasteiger partial charge in [0.05, 0.1) is 6.54 Å². The minimum absolute atomic E-state index is 0.0381. The van der Waals surface area contributed by atoms with Crippen LogP contribution >= 0.6 is 0 Å². The van der Waals surface area contributed by atoms with E-state index in [-0.39, 0.29) is 31.2 Å². The summed E-state index contributed by atoms with van der Waals surface area (Å²) in [5.74, 6) is 0.594. The van der Waals surface area contributed by atoms with E-state index in [1.807, 2.05) is 6.92 Å². The number of aromatic nitrogens is 2. The highest BCUT2D eigenvalue weighted by Gasteiger charge is 2.35. The Morgan fingerprint density at radius 3 is 2.27 bits per heavy atom. The molecule has 1 fully saturated rings. The smallest absolute Gasteiger partial charge is 0.334 e. The predicted molar refractivity (Wildman–Crippen MR) is 73.9 cm³/mol. The standard InChI is InChI=1S/C12H19F3N4O2S/c1-3-18-8-11(16-10(18)2)22(20,21)19-6-4-17(5-7-19)9-12(13,14)15/h8H,3-7,9H2,1-2H3. The average molecular weight is 340 g/mol. The van der Waals surface area contributed by atoms with Crippen LogP contribution in [0.25, 0.3) is 0 Å². The summed E-state index contributed by atoms with van der Waals surface area (Å²) in [5.41, 5.74) is 0. The summed E-state index contributed by atoms with van der Waals surface area (Å²) in [6.45, 7) is 3.38. The minimum atomic E-state index is -4.27. The Balaban J connectivity index is 2.06. The molecule has 0 aliphatic carbocycles. The van der Waals surface area contributed by atoms with Crippen LogP contribution in [0.1, 0.15) is 12.7 Å². The first kappa shape index (κ1) is 17.2. The zero-order chi connectivity index (χ0) is 16.5. The van der Waals surface area contributed by atoms with Gasteiger partial charge in [-0.05, 0) is 13.8 Å². The number of rotatable bonds is 4. The molecule has 0 spiro atoms. The molecule has 0 amide bonds. The fourth-order valence-corrected chi connectivity index (χ4v) is 3.85. The van der Waals surface area contributed by atoms with Crippen LogP contribution in [0.4, 0.5) is 13.2 Å². The molecule has 1 aliphatic rings. The quantitative estimate of drug-likeness (QED) is 0.823. The lowest BCUT2D eigenvalue weighted by Crippen LogP contribution is -2.50. The van der Waals surface area contributed by atoms with Gasteiger partial charge in [0.1, 0.15) is 5.82 Å². The van der Waals surface area contributed by atoms with Gasteiger partial charge in [-0.2, -0.15) is 17.5 Å². The van der Waals surface area contributed by atoms with Gasteiger partial charge in [-0.1, -0.05) is 0 Å². The van der Waals surface area contributed by atoms with Crippen molar-refractivity contribution in [2.45, 2.75) is 31.6 Å². The van der Waals surface area contributed by atoms with E-state index in [1.54, 1.807) is 11.5 Å². The van der Waals surface area contributed by atoms with Crippen molar-refractivity contribution in [2.75, 3.05) is 32.7 Å². The molecule has 0 bridgehead atoms. The van der Waals surface area contributed by atoms with Crippen LogP contribution in [0.15, 0.2) is 11.2 Å². The molecule has 0 unspecified atom stereocenters. The topological polar surface area (TPSA) is 58.4 Å². The van der Waals surface area contributed by atoms with Gasteiger partial charge in [0.15, 0.2) is 5.03 Å². The van der Waals surface area contributed by atoms with Crippen molar-refractivity contribution in [3.63, 3.8) is 0 Å². The van der Waals surface area contributed by atoms with Crippen molar-refractivity contribution in [2.24, 2.45) is 0 Å². The highest BCUT2D eigenvalue weighted by Crippen LogP contribution is 2.20. The Bertz CT molecular complexity index is 619. The number of alkyl halides is 3. The van der Waals surface area contributed by atoms with E-state index in [0.717, 1.165) is 0 Å². The number of hydrogen-bond acceptors (Lipinski definition) is 4. The van der Waals surface area contributed by atoms with E-state index in [4.69, 9.17) is 0 Å². The molecule has 1 aromatic heterocycles. The van der Waals surface area contributed by atoms with E-state index >= 15 is 0 Å². The molecule has 1 aromatic rings. The summed E-state index contributed by atoms with van der Waals surface area (Å²) in [6.07, 6.45) is -2.80. The molecule has 0 saturated carbocycles. The van der Waals surface area contributed by atoms with Gasteiger partial charge in [0.25, 0.3) is 10.0 Å². The Kier molecular flexibility index (Phi) is 4.83. The summed E-state index contributed by atoms with van der Waals surface area (Å²) in [6, 6.07) is 0. The Morgan fingerprint density at radius 1 is 1.23 bits per heavy atom. The van der Waals surface area contributed by atoms with Crippen LogP contribution in [0.3, 0.4) is 0 Å². The lowest BCUT2D eigenvalue weighted by Gasteiger charge is -2.33. The largest absolute Gasteiger partial charge is 0.401 e. The molecular formula is C12H19F3N4O2S. The molecule has 6 nitrogen and oxygen atoms in total. The summed E-state index contributed by atoms with van der Waals surface area (Å²) < 4.78 is 64.9. The molecule has 2 rings (SSSR count). The number of piperazine rings is 1. The third-order valence-corrected chi connectivity index (χ3v) is 5.40. The summed E-state index contributed by atoms with van der Waals surface area (Å²) >= 11 is 0. The molecule has 10 heteroatoms. The van der Waals surface area contributed by atoms with Crippen molar-refractivity contribution in [1.82, 2.24) is 18.8 Å². The van der Waals surface area contributed by atoms with Crippen molar-refractivity contribution in [3.05, 3.63) is 12.0 Å². The third-order valence-electron chi connectivity index (χ3n) is 3.63. The second-order valence-corrected chi connectivity index (χ2v) is 7.09. The van der Waals surface area contributed by atoms with Gasteiger partial charge in [-0.3, -0.25) is 4.90 Å². The predicted octanol–water partition coefficient (Wildman–Crippen LogP) is 1.08. The van der Waals surface area contributed by atoms with Gasteiger partial charge < -0.3 is 4.57 Å². The maximum Gasteiger partial charge on any atom is 0.401 e. The number of sulfonamides is 1. The lowest BCUT2D eigenvalue weighted by molar-refractivity contribution is -0.148. The highest BCUT2D eigenvalue weighted by atomic mass is 32.2. The first-order valence-corrected chi connectivity index (χ1v) is 8.40. The minimum Gasteiger partial charge on any atom is -0.334 e. The number of imidazole rings is 1. The maximum atomic E-state index is 12.5. The summed E-state index contributed by atoms with van der Waals surface area (Å²) in [4.78, 5) is 5.26. The third kappa shape index (κ3) is 3.79. The van der Waals surface area contributed by atoms with Crippen LogP contribution < -0.4 is 0 Å². The summed E-state index contributed by atoms with van der Waals surface area (Å²) in [5, 5.41) is -0.0453. The van der Waals surface area contributed by atoms with Crippen LogP contribution in [0.2, 0.25) is 0 Å². The van der Waals surface area contributed by atoms with E-state index in [9.17, 15) is 21.6 Å². The van der Waals surface area contributed by atoms with Gasteiger partial charge in [0, 0.05) is 38.9 Å². The highest BCUT2D eigenvalue weighted by molar-refractivity contribution is 7.89. The lowest BCUT2D eigenvalue weighted by atomic mass is 10.3. The summed E-state index contributed by atoms with van der Waals surface area (Å²) in [7, 11) is -3.75. The SMILES string of the molecule is CCn1cc(S(=O)(=O)N2CCN(CC(F)(F)F)CC2)nc1C. The molecule has 0 atom stereocenters. The molecule has 0 radical (unpaired) electrons. The molecule has 1 saturated heterocycles. The fourth-order valence-electron chi connectivity index (χ4n) is 2.44. The molecule has 0 N–H and O–H groups in total. The maximum absolute atomic E-state index is 12.5. The zero-order valence-electron chi connectivity index (χ0n) is 12.5. The second kappa shape index (κ2) is 6.17. The normalized spacial score (nSPS) is 18.8. The van der Waals surface area contributed by atoms with E-state index in [2.05, 4.69) is 4.98 Å². The monoisotopic (exact) mass is 340 g/mol. The zero-order valence-corrected chi connectivity index (χ0v) is 13.3. The Labute approximate surface area is 127 Å². The Hall–Kier alpha value is -1.13. The fraction of sp³-hybridized carbons (Fsp3) is 0.750. The number of hydrogen-bond donors (Lipinski definition) is 0. The van der Waals surface area contributed by atoms with Crippen LogP contribution in [0.5, 0.6) is 0 Å². The van der Waals surface area contributed by atoms with Gasteiger partial charge in [0.2, 0.25) is 0 Å². The van der Waals surface area contributed by atoms with Crippen LogP contribution in [0, 0.1) is 6.92 Å². The van der Waals surface area contributed by atoms with E-state index in [0.29, 0.717) is 12.4 Å². The molecular weight excluding hydrogens is 321 g/mol. The van der Waals surface area contributed by atoms with Crippen LogP contribution in [-0.4, -0.2) is 66.1 Å². The van der Waals surface area contributed by atoms with E-state index < -0.39 is 22.7 Å². The number of nitrogens with zero attached hydrogens (tertiary/aromatic N) is 4. The van der Waals surface area contributed by atoms with Gasteiger partial charge in [-0.25, -0.2) is 13.4 Å². The van der Waals surface area contributed by atoms with Crippen molar-refractivity contribution in [1.29, 1.82) is 0 Å². The van der Waals surface area contributed by atoms with Crippen molar-refractivity contribution >= 4 is 10.0 Å². The molecule has 1 aliphatic heterocycles. The first-order chi connectivity index (χ1) is 10.1. The first-order valence-electron chi connectivity index (χ1n) is 6.96. The van der Waals surface area contributed by atoms with E-state index in [1.165, 1.54) is 15.4 Å². The molecule has 0 aromatic carbocycles. The van der Waals surface area contributed by atoms with Gasteiger partial charge >= 0.3 is 6.18 Å². The molecule has 2 heterocycles.